The summed E-state index contributed by atoms with van der Waals surface area (Å²) in [5.74, 6) is 0.292. The zero-order valence-corrected chi connectivity index (χ0v) is 29.2. The van der Waals surface area contributed by atoms with Crippen LogP contribution in [0.15, 0.2) is 91.1 Å². The minimum Gasteiger partial charge on any atom is -0.453 e. The Hall–Kier alpha value is -6.30. The molecule has 3 atom stereocenters. The molecule has 3 N–H and O–H groups in total. The van der Waals surface area contributed by atoms with Gasteiger partial charge >= 0.3 is 6.09 Å². The molecule has 12 nitrogen and oxygen atoms in total. The van der Waals surface area contributed by atoms with Crippen LogP contribution in [0.5, 0.6) is 0 Å². The van der Waals surface area contributed by atoms with E-state index < -0.39 is 12.1 Å². The van der Waals surface area contributed by atoms with Crippen molar-refractivity contribution in [2.75, 3.05) is 26.7 Å². The number of aromatic nitrogens is 3. The number of H-pyrrole nitrogens is 1. The van der Waals surface area contributed by atoms with Crippen LogP contribution in [0, 0.1) is 0 Å². The third kappa shape index (κ3) is 6.63. The highest BCUT2D eigenvalue weighted by molar-refractivity contribution is 6.06. The molecule has 0 aliphatic carbocycles. The zero-order chi connectivity index (χ0) is 36.5. The van der Waals surface area contributed by atoms with Crippen LogP contribution in [0.2, 0.25) is 0 Å². The van der Waals surface area contributed by atoms with E-state index in [1.54, 1.807) is 16.0 Å². The number of carbonyl (C=O) groups is 4. The third-order valence-electron chi connectivity index (χ3n) is 10.5. The summed E-state index contributed by atoms with van der Waals surface area (Å²) in [6, 6.07) is 26.3. The molecule has 0 saturated carbocycles. The number of nitrogens with one attached hydrogen (secondary N) is 3. The number of carbonyl (C=O) groups excluding carboxylic acids is 4. The second-order valence-corrected chi connectivity index (χ2v) is 13.7. The molecule has 0 spiro atoms. The molecule has 53 heavy (non-hydrogen) atoms. The number of hydrogen-bond donors (Lipinski definition) is 3. The lowest BCUT2D eigenvalue weighted by atomic mass is 9.99. The Morgan fingerprint density at radius 3 is 2.57 bits per heavy atom. The number of likely N-dealkylation sites (tertiary alicyclic amines) is 2. The first kappa shape index (κ1) is 33.8. The number of amides is 4. The molecule has 2 saturated heterocycles. The van der Waals surface area contributed by atoms with E-state index in [1.807, 2.05) is 60.7 Å². The van der Waals surface area contributed by atoms with E-state index in [-0.39, 0.29) is 23.9 Å². The molecule has 12 heteroatoms. The van der Waals surface area contributed by atoms with Crippen molar-refractivity contribution in [3.8, 4) is 11.1 Å². The molecule has 2 aliphatic rings. The predicted octanol–water partition coefficient (Wildman–Crippen LogP) is 6.04. The molecule has 2 fully saturated rings. The SMILES string of the molecule is COC(=O)NC(C(=O)N1CCCC1c1nc2c(ccc3cc(-c4ccc5cc(C(=O)NCC6CCCN6C=O)cnc5c4)ccc32)[nH]1)c1ccccc1. The van der Waals surface area contributed by atoms with Gasteiger partial charge in [-0.05, 0) is 72.0 Å². The topological polar surface area (TPSA) is 150 Å². The lowest BCUT2D eigenvalue weighted by molar-refractivity contribution is -0.134. The summed E-state index contributed by atoms with van der Waals surface area (Å²) in [4.78, 5) is 67.1. The Kier molecular flexibility index (Phi) is 9.17. The number of benzene rings is 4. The molecular formula is C41H39N7O5. The maximum absolute atomic E-state index is 14.0. The van der Waals surface area contributed by atoms with E-state index in [0.29, 0.717) is 30.0 Å². The monoisotopic (exact) mass is 709 g/mol. The Morgan fingerprint density at radius 2 is 1.74 bits per heavy atom. The van der Waals surface area contributed by atoms with Crippen LogP contribution in [-0.2, 0) is 14.3 Å². The van der Waals surface area contributed by atoms with Crippen LogP contribution in [-0.4, -0.2) is 81.9 Å². The normalized spacial score (nSPS) is 17.7. The molecule has 268 valence electrons. The van der Waals surface area contributed by atoms with Crippen LogP contribution in [0.4, 0.5) is 4.79 Å². The summed E-state index contributed by atoms with van der Waals surface area (Å²) in [5, 5.41) is 8.55. The molecule has 2 aromatic heterocycles. The van der Waals surface area contributed by atoms with Crippen molar-refractivity contribution in [2.45, 2.75) is 43.8 Å². The molecule has 4 heterocycles. The van der Waals surface area contributed by atoms with E-state index in [9.17, 15) is 19.2 Å². The van der Waals surface area contributed by atoms with Crippen LogP contribution >= 0.6 is 0 Å². The van der Waals surface area contributed by atoms with E-state index in [2.05, 4.69) is 44.9 Å². The number of aromatic amines is 1. The number of ether oxygens (including phenoxy) is 1. The second-order valence-electron chi connectivity index (χ2n) is 13.7. The maximum atomic E-state index is 14.0. The Balaban J connectivity index is 1.02. The first-order valence-electron chi connectivity index (χ1n) is 17.9. The summed E-state index contributed by atoms with van der Waals surface area (Å²) >= 11 is 0. The maximum Gasteiger partial charge on any atom is 0.407 e. The zero-order valence-electron chi connectivity index (χ0n) is 29.2. The Labute approximate surface area is 305 Å². The second kappa shape index (κ2) is 14.4. The highest BCUT2D eigenvalue weighted by atomic mass is 16.5. The third-order valence-corrected chi connectivity index (χ3v) is 10.5. The molecule has 4 amide bonds. The summed E-state index contributed by atoms with van der Waals surface area (Å²) in [7, 11) is 1.28. The van der Waals surface area contributed by atoms with Crippen LogP contribution in [0.25, 0.3) is 43.8 Å². The minimum atomic E-state index is -0.886. The van der Waals surface area contributed by atoms with Crippen molar-refractivity contribution in [1.29, 1.82) is 0 Å². The van der Waals surface area contributed by atoms with Gasteiger partial charge in [0.25, 0.3) is 11.8 Å². The highest BCUT2D eigenvalue weighted by Crippen LogP contribution is 2.36. The van der Waals surface area contributed by atoms with Gasteiger partial charge in [-0.2, -0.15) is 0 Å². The van der Waals surface area contributed by atoms with Gasteiger partial charge in [-0.15, -0.1) is 0 Å². The average Bonchev–Trinajstić information content (AvgIpc) is 3.98. The van der Waals surface area contributed by atoms with Gasteiger partial charge in [-0.3, -0.25) is 19.4 Å². The highest BCUT2D eigenvalue weighted by Gasteiger charge is 2.37. The van der Waals surface area contributed by atoms with Crippen LogP contribution in [0.3, 0.4) is 0 Å². The fourth-order valence-electron chi connectivity index (χ4n) is 7.70. The molecule has 2 aliphatic heterocycles. The van der Waals surface area contributed by atoms with Crippen LogP contribution < -0.4 is 10.6 Å². The molecular weight excluding hydrogens is 670 g/mol. The number of fused-ring (bicyclic) bond motifs is 4. The molecule has 0 radical (unpaired) electrons. The van der Waals surface area contributed by atoms with Gasteiger partial charge < -0.3 is 30.2 Å². The van der Waals surface area contributed by atoms with Crippen LogP contribution in [0.1, 0.15) is 59.5 Å². The Morgan fingerprint density at radius 1 is 0.943 bits per heavy atom. The molecule has 8 rings (SSSR count). The molecule has 3 unspecified atom stereocenters. The van der Waals surface area contributed by atoms with E-state index in [4.69, 9.17) is 9.72 Å². The molecule has 4 aromatic carbocycles. The number of imidazole rings is 1. The predicted molar refractivity (Wildman–Crippen MR) is 201 cm³/mol. The van der Waals surface area contributed by atoms with Gasteiger partial charge in [0.1, 0.15) is 11.9 Å². The van der Waals surface area contributed by atoms with Gasteiger partial charge in [0, 0.05) is 42.6 Å². The summed E-state index contributed by atoms with van der Waals surface area (Å²) in [6.45, 7) is 1.70. The first-order chi connectivity index (χ1) is 25.9. The lowest BCUT2D eigenvalue weighted by Gasteiger charge is -2.28. The van der Waals surface area contributed by atoms with Crippen molar-refractivity contribution in [2.24, 2.45) is 0 Å². The van der Waals surface area contributed by atoms with Gasteiger partial charge in [-0.25, -0.2) is 9.78 Å². The Bertz CT molecular complexity index is 2360. The van der Waals surface area contributed by atoms with Gasteiger partial charge in [-0.1, -0.05) is 60.7 Å². The molecule has 0 bridgehead atoms. The fraction of sp³-hybridized carbons (Fsp3) is 0.268. The number of pyridine rings is 1. The fourth-order valence-corrected chi connectivity index (χ4v) is 7.70. The summed E-state index contributed by atoms with van der Waals surface area (Å²) < 4.78 is 4.84. The summed E-state index contributed by atoms with van der Waals surface area (Å²) in [6.07, 6.45) is 5.17. The van der Waals surface area contributed by atoms with Gasteiger partial charge in [0.15, 0.2) is 0 Å². The quantitative estimate of drug-likeness (QED) is 0.155. The standard InChI is InChI=1S/C41H39N7O5/c1-53-41(52)46-36(25-7-3-2-4-8-25)40(51)48-18-6-10-35(48)38-44-33-16-14-28-19-26(13-15-32(28)37(33)45-38)27-11-12-29-20-30(22-42-34(29)21-27)39(50)43-23-31-9-5-17-47(31)24-49/h2-4,7-8,11-16,19-22,24,31,35-36H,5-6,9-10,17-18,23H2,1H3,(H,43,50)(H,44,45)(H,46,52). The summed E-state index contributed by atoms with van der Waals surface area (Å²) in [5.41, 5.74) is 5.66. The average molecular weight is 710 g/mol. The minimum absolute atomic E-state index is 0.0327. The first-order valence-corrected chi connectivity index (χ1v) is 17.9. The smallest absolute Gasteiger partial charge is 0.407 e. The largest absolute Gasteiger partial charge is 0.453 e. The van der Waals surface area contributed by atoms with Gasteiger partial charge in [0.05, 0.1) is 35.3 Å². The van der Waals surface area contributed by atoms with Crippen molar-refractivity contribution in [1.82, 2.24) is 35.4 Å². The van der Waals surface area contributed by atoms with Gasteiger partial charge in [0.2, 0.25) is 6.41 Å². The number of rotatable bonds is 9. The van der Waals surface area contributed by atoms with E-state index in [0.717, 1.165) is 82.5 Å². The number of nitrogens with zero attached hydrogens (tertiary/aromatic N) is 4. The number of methoxy groups -OCH3 is 1. The van der Waals surface area contributed by atoms with Crippen molar-refractivity contribution >= 4 is 57.0 Å². The lowest BCUT2D eigenvalue weighted by Crippen LogP contribution is -2.42. The van der Waals surface area contributed by atoms with E-state index in [1.165, 1.54) is 7.11 Å². The van der Waals surface area contributed by atoms with E-state index >= 15 is 0 Å². The molecule has 6 aromatic rings. The van der Waals surface area contributed by atoms with Crippen molar-refractivity contribution in [3.05, 3.63) is 108 Å². The van der Waals surface area contributed by atoms with Crippen molar-refractivity contribution < 1.29 is 23.9 Å². The number of alkyl carbamates (subject to hydrolysis) is 1. The number of hydrogen-bond acceptors (Lipinski definition) is 7. The van der Waals surface area contributed by atoms with Crippen molar-refractivity contribution in [3.63, 3.8) is 0 Å².